The van der Waals surface area contributed by atoms with Crippen LogP contribution < -0.4 is 10.6 Å². The zero-order chi connectivity index (χ0) is 15.4. The van der Waals surface area contributed by atoms with E-state index in [1.807, 2.05) is 38.1 Å². The van der Waals surface area contributed by atoms with Gasteiger partial charge in [-0.05, 0) is 49.2 Å². The number of aryl methyl sites for hydroxylation is 2. The summed E-state index contributed by atoms with van der Waals surface area (Å²) in [5, 5.41) is 7.13. The number of anilines is 2. The maximum atomic E-state index is 11.9. The number of nitrogens with one attached hydrogen (secondary N) is 2. The molecule has 0 aliphatic carbocycles. The van der Waals surface area contributed by atoms with E-state index in [0.29, 0.717) is 15.7 Å². The molecule has 2 rings (SSSR count). The summed E-state index contributed by atoms with van der Waals surface area (Å²) in [6.45, 7) is 4.03. The van der Waals surface area contributed by atoms with E-state index in [1.54, 1.807) is 12.1 Å². The van der Waals surface area contributed by atoms with Gasteiger partial charge in [-0.25, -0.2) is 0 Å². The van der Waals surface area contributed by atoms with Gasteiger partial charge in [0.2, 0.25) is 5.91 Å². The Balaban J connectivity index is 1.95. The van der Waals surface area contributed by atoms with Gasteiger partial charge in [-0.15, -0.1) is 0 Å². The summed E-state index contributed by atoms with van der Waals surface area (Å²) in [4.78, 5) is 11.9. The van der Waals surface area contributed by atoms with Crippen LogP contribution in [0.3, 0.4) is 0 Å². The molecule has 5 heteroatoms. The van der Waals surface area contributed by atoms with Gasteiger partial charge < -0.3 is 10.6 Å². The van der Waals surface area contributed by atoms with Crippen molar-refractivity contribution in [3.05, 3.63) is 57.6 Å². The van der Waals surface area contributed by atoms with Crippen LogP contribution in [0.5, 0.6) is 0 Å². The van der Waals surface area contributed by atoms with Crippen LogP contribution in [0.2, 0.25) is 10.0 Å². The molecule has 0 saturated carbocycles. The highest BCUT2D eigenvalue weighted by molar-refractivity contribution is 6.31. The van der Waals surface area contributed by atoms with Gasteiger partial charge in [0, 0.05) is 21.4 Å². The minimum Gasteiger partial charge on any atom is -0.376 e. The van der Waals surface area contributed by atoms with E-state index in [4.69, 9.17) is 23.2 Å². The topological polar surface area (TPSA) is 41.1 Å². The Morgan fingerprint density at radius 2 is 1.76 bits per heavy atom. The molecule has 0 aliphatic heterocycles. The average Bonchev–Trinajstić information content (AvgIpc) is 2.44. The van der Waals surface area contributed by atoms with Gasteiger partial charge in [-0.3, -0.25) is 4.79 Å². The lowest BCUT2D eigenvalue weighted by Gasteiger charge is -2.11. The smallest absolute Gasteiger partial charge is 0.243 e. The number of benzene rings is 2. The molecule has 0 fully saturated rings. The molecule has 0 spiro atoms. The minimum atomic E-state index is -0.144. The molecule has 2 aromatic carbocycles. The number of rotatable bonds is 4. The van der Waals surface area contributed by atoms with Crippen molar-refractivity contribution >= 4 is 40.5 Å². The van der Waals surface area contributed by atoms with E-state index in [1.165, 1.54) is 0 Å². The fourth-order valence-corrected chi connectivity index (χ4v) is 2.19. The zero-order valence-corrected chi connectivity index (χ0v) is 13.3. The second-order valence-electron chi connectivity index (χ2n) is 4.82. The lowest BCUT2D eigenvalue weighted by Crippen LogP contribution is -2.22. The van der Waals surface area contributed by atoms with Crippen molar-refractivity contribution in [3.63, 3.8) is 0 Å². The molecule has 3 nitrogen and oxygen atoms in total. The maximum absolute atomic E-state index is 11.9. The SMILES string of the molecule is Cc1ccc(NC(=O)CNc2cc(Cl)ccc2C)cc1Cl. The first kappa shape index (κ1) is 15.7. The second-order valence-corrected chi connectivity index (χ2v) is 5.67. The Labute approximate surface area is 134 Å². The molecule has 0 heterocycles. The molecule has 0 aliphatic rings. The maximum Gasteiger partial charge on any atom is 0.243 e. The highest BCUT2D eigenvalue weighted by atomic mass is 35.5. The summed E-state index contributed by atoms with van der Waals surface area (Å²) >= 11 is 12.0. The van der Waals surface area contributed by atoms with Gasteiger partial charge in [0.1, 0.15) is 0 Å². The molecule has 2 aromatic rings. The molecule has 0 bridgehead atoms. The van der Waals surface area contributed by atoms with Gasteiger partial charge in [0.05, 0.1) is 6.54 Å². The Morgan fingerprint density at radius 3 is 2.48 bits per heavy atom. The summed E-state index contributed by atoms with van der Waals surface area (Å²) in [5.41, 5.74) is 3.53. The largest absolute Gasteiger partial charge is 0.376 e. The second kappa shape index (κ2) is 6.83. The van der Waals surface area contributed by atoms with Crippen molar-refractivity contribution in [2.75, 3.05) is 17.2 Å². The molecular weight excluding hydrogens is 307 g/mol. The monoisotopic (exact) mass is 322 g/mol. The van der Waals surface area contributed by atoms with Crippen LogP contribution in [0.25, 0.3) is 0 Å². The number of carbonyl (C=O) groups is 1. The van der Waals surface area contributed by atoms with Crippen LogP contribution in [-0.4, -0.2) is 12.5 Å². The Hall–Kier alpha value is -1.71. The molecule has 1 amide bonds. The standard InChI is InChI=1S/C16H16Cl2N2O/c1-10-4-6-13(8-14(10)18)20-16(21)9-19-15-7-12(17)5-3-11(15)2/h3-8,19H,9H2,1-2H3,(H,20,21). The van der Waals surface area contributed by atoms with Gasteiger partial charge >= 0.3 is 0 Å². The highest BCUT2D eigenvalue weighted by Crippen LogP contribution is 2.21. The summed E-state index contributed by atoms with van der Waals surface area (Å²) in [6.07, 6.45) is 0. The van der Waals surface area contributed by atoms with E-state index >= 15 is 0 Å². The van der Waals surface area contributed by atoms with E-state index in [9.17, 15) is 4.79 Å². The van der Waals surface area contributed by atoms with Crippen molar-refractivity contribution in [1.82, 2.24) is 0 Å². The molecule has 0 unspecified atom stereocenters. The first-order chi connectivity index (χ1) is 9.95. The van der Waals surface area contributed by atoms with Crippen LogP contribution in [0.1, 0.15) is 11.1 Å². The Kier molecular flexibility index (Phi) is 5.10. The van der Waals surface area contributed by atoms with E-state index in [0.717, 1.165) is 16.8 Å². The number of carbonyl (C=O) groups excluding carboxylic acids is 1. The van der Waals surface area contributed by atoms with Crippen molar-refractivity contribution in [1.29, 1.82) is 0 Å². The van der Waals surface area contributed by atoms with Gasteiger partial charge in [-0.2, -0.15) is 0 Å². The zero-order valence-electron chi connectivity index (χ0n) is 11.8. The highest BCUT2D eigenvalue weighted by Gasteiger charge is 2.05. The van der Waals surface area contributed by atoms with Crippen molar-refractivity contribution in [2.24, 2.45) is 0 Å². The summed E-state index contributed by atoms with van der Waals surface area (Å²) < 4.78 is 0. The van der Waals surface area contributed by atoms with Crippen molar-refractivity contribution in [3.8, 4) is 0 Å². The molecule has 0 aromatic heterocycles. The number of hydrogen-bond donors (Lipinski definition) is 2. The van der Waals surface area contributed by atoms with Crippen molar-refractivity contribution < 1.29 is 4.79 Å². The third kappa shape index (κ3) is 4.38. The van der Waals surface area contributed by atoms with Crippen LogP contribution in [0, 0.1) is 13.8 Å². The van der Waals surface area contributed by atoms with Crippen LogP contribution >= 0.6 is 23.2 Å². The predicted octanol–water partition coefficient (Wildman–Crippen LogP) is 4.66. The molecule has 0 atom stereocenters. The molecule has 110 valence electrons. The lowest BCUT2D eigenvalue weighted by molar-refractivity contribution is -0.114. The molecule has 2 N–H and O–H groups in total. The normalized spacial score (nSPS) is 10.3. The van der Waals surface area contributed by atoms with Gasteiger partial charge in [0.15, 0.2) is 0 Å². The van der Waals surface area contributed by atoms with E-state index in [-0.39, 0.29) is 12.5 Å². The molecule has 0 radical (unpaired) electrons. The third-order valence-electron chi connectivity index (χ3n) is 3.09. The fraction of sp³-hybridized carbons (Fsp3) is 0.188. The lowest BCUT2D eigenvalue weighted by atomic mass is 10.2. The van der Waals surface area contributed by atoms with Crippen LogP contribution in [0.15, 0.2) is 36.4 Å². The minimum absolute atomic E-state index is 0.144. The fourth-order valence-electron chi connectivity index (χ4n) is 1.84. The number of halogens is 2. The summed E-state index contributed by atoms with van der Waals surface area (Å²) in [6, 6.07) is 10.9. The quantitative estimate of drug-likeness (QED) is 0.859. The third-order valence-corrected chi connectivity index (χ3v) is 3.74. The first-order valence-corrected chi connectivity index (χ1v) is 7.27. The average molecular weight is 323 g/mol. The summed E-state index contributed by atoms with van der Waals surface area (Å²) in [7, 11) is 0. The number of hydrogen-bond acceptors (Lipinski definition) is 2. The van der Waals surface area contributed by atoms with Crippen LogP contribution in [-0.2, 0) is 4.79 Å². The molecular formula is C16H16Cl2N2O. The van der Waals surface area contributed by atoms with E-state index in [2.05, 4.69) is 10.6 Å². The van der Waals surface area contributed by atoms with Gasteiger partial charge in [0.25, 0.3) is 0 Å². The molecule has 21 heavy (non-hydrogen) atoms. The predicted molar refractivity (Wildman–Crippen MR) is 89.5 cm³/mol. The van der Waals surface area contributed by atoms with Crippen molar-refractivity contribution in [2.45, 2.75) is 13.8 Å². The van der Waals surface area contributed by atoms with Crippen LogP contribution in [0.4, 0.5) is 11.4 Å². The first-order valence-electron chi connectivity index (χ1n) is 6.52. The van der Waals surface area contributed by atoms with Gasteiger partial charge in [-0.1, -0.05) is 35.3 Å². The number of amides is 1. The van der Waals surface area contributed by atoms with E-state index < -0.39 is 0 Å². The Morgan fingerprint density at radius 1 is 1.05 bits per heavy atom. The molecule has 0 saturated heterocycles. The Bertz CT molecular complexity index is 671. The summed E-state index contributed by atoms with van der Waals surface area (Å²) in [5.74, 6) is -0.144.